The van der Waals surface area contributed by atoms with Crippen molar-refractivity contribution in [1.29, 1.82) is 0 Å². The molecule has 0 aromatic carbocycles. The van der Waals surface area contributed by atoms with E-state index in [1.54, 1.807) is 7.11 Å². The smallest absolute Gasteiger partial charge is 0.0900 e. The minimum Gasteiger partial charge on any atom is -0.389 e. The first-order chi connectivity index (χ1) is 10.1. The first-order valence-electron chi connectivity index (χ1n) is 7.80. The van der Waals surface area contributed by atoms with Gasteiger partial charge in [0.15, 0.2) is 0 Å². The maximum Gasteiger partial charge on any atom is 0.0900 e. The van der Waals surface area contributed by atoms with Gasteiger partial charge in [0.25, 0.3) is 0 Å². The molecule has 0 bridgehead atoms. The van der Waals surface area contributed by atoms with Gasteiger partial charge in [-0.25, -0.2) is 0 Å². The number of methoxy groups -OCH3 is 1. The number of hydrogen-bond acceptors (Lipinski definition) is 6. The Morgan fingerprint density at radius 1 is 1.00 bits per heavy atom. The number of nitrogens with zero attached hydrogens (tertiary/aromatic N) is 1. The third-order valence-corrected chi connectivity index (χ3v) is 2.96. The van der Waals surface area contributed by atoms with Gasteiger partial charge < -0.3 is 24.1 Å². The SMILES string of the molecule is CCOCCN(CCOCC)CC(O)COC(C)COC. The van der Waals surface area contributed by atoms with Gasteiger partial charge in [-0.2, -0.15) is 0 Å². The summed E-state index contributed by atoms with van der Waals surface area (Å²) in [5.41, 5.74) is 0. The van der Waals surface area contributed by atoms with Gasteiger partial charge in [0.2, 0.25) is 0 Å². The molecule has 1 N–H and O–H groups in total. The van der Waals surface area contributed by atoms with Crippen molar-refractivity contribution >= 4 is 0 Å². The van der Waals surface area contributed by atoms with Crippen molar-refractivity contribution in [2.24, 2.45) is 0 Å². The van der Waals surface area contributed by atoms with Crippen molar-refractivity contribution in [1.82, 2.24) is 4.90 Å². The van der Waals surface area contributed by atoms with Crippen LogP contribution in [0.4, 0.5) is 0 Å². The average molecular weight is 307 g/mol. The molecule has 2 unspecified atom stereocenters. The molecule has 0 aromatic heterocycles. The Balaban J connectivity index is 3.98. The summed E-state index contributed by atoms with van der Waals surface area (Å²) in [6.45, 7) is 11.6. The lowest BCUT2D eigenvalue weighted by molar-refractivity contribution is -0.0428. The highest BCUT2D eigenvalue weighted by Crippen LogP contribution is 1.98. The molecule has 2 atom stereocenters. The molecule has 0 aliphatic carbocycles. The molecule has 128 valence electrons. The highest BCUT2D eigenvalue weighted by atomic mass is 16.5. The van der Waals surface area contributed by atoms with Crippen LogP contribution in [0.5, 0.6) is 0 Å². The molecule has 0 rings (SSSR count). The van der Waals surface area contributed by atoms with Gasteiger partial charge >= 0.3 is 0 Å². The van der Waals surface area contributed by atoms with E-state index in [2.05, 4.69) is 4.90 Å². The van der Waals surface area contributed by atoms with Crippen molar-refractivity contribution in [3.8, 4) is 0 Å². The van der Waals surface area contributed by atoms with Crippen LogP contribution in [0, 0.1) is 0 Å². The monoisotopic (exact) mass is 307 g/mol. The molecule has 6 nitrogen and oxygen atoms in total. The molecule has 0 saturated heterocycles. The van der Waals surface area contributed by atoms with Crippen LogP contribution in [0.2, 0.25) is 0 Å². The first-order valence-corrected chi connectivity index (χ1v) is 7.80. The quantitative estimate of drug-likeness (QED) is 0.451. The van der Waals surface area contributed by atoms with Crippen molar-refractivity contribution in [2.45, 2.75) is 33.0 Å². The van der Waals surface area contributed by atoms with Crippen LogP contribution in [0.1, 0.15) is 20.8 Å². The van der Waals surface area contributed by atoms with E-state index < -0.39 is 6.10 Å². The van der Waals surface area contributed by atoms with Crippen molar-refractivity contribution in [2.75, 3.05) is 66.4 Å². The van der Waals surface area contributed by atoms with E-state index in [-0.39, 0.29) is 6.10 Å². The molecular formula is C15H33NO5. The van der Waals surface area contributed by atoms with Crippen LogP contribution in [0.15, 0.2) is 0 Å². The Hall–Kier alpha value is -0.240. The molecule has 0 amide bonds. The van der Waals surface area contributed by atoms with Crippen molar-refractivity contribution in [3.05, 3.63) is 0 Å². The Morgan fingerprint density at radius 3 is 2.05 bits per heavy atom. The average Bonchev–Trinajstić information content (AvgIpc) is 2.46. The maximum absolute atomic E-state index is 10.1. The largest absolute Gasteiger partial charge is 0.389 e. The van der Waals surface area contributed by atoms with Crippen LogP contribution < -0.4 is 0 Å². The summed E-state index contributed by atoms with van der Waals surface area (Å²) >= 11 is 0. The fourth-order valence-corrected chi connectivity index (χ4v) is 1.88. The standard InChI is InChI=1S/C15H33NO5/c1-5-19-9-7-16(8-10-20-6-2)11-15(17)13-21-14(3)12-18-4/h14-15,17H,5-13H2,1-4H3. The first kappa shape index (κ1) is 20.8. The van der Waals surface area contributed by atoms with Gasteiger partial charge in [-0.3, -0.25) is 4.90 Å². The topological polar surface area (TPSA) is 60.4 Å². The molecule has 0 aromatic rings. The summed E-state index contributed by atoms with van der Waals surface area (Å²) < 4.78 is 21.3. The second kappa shape index (κ2) is 14.7. The second-order valence-electron chi connectivity index (χ2n) is 4.95. The van der Waals surface area contributed by atoms with Crippen LogP contribution in [0.25, 0.3) is 0 Å². The van der Waals surface area contributed by atoms with Crippen molar-refractivity contribution < 1.29 is 24.1 Å². The van der Waals surface area contributed by atoms with Gasteiger partial charge in [0, 0.05) is 40.0 Å². The van der Waals surface area contributed by atoms with Gasteiger partial charge in [0.1, 0.15) is 0 Å². The fraction of sp³-hybridized carbons (Fsp3) is 1.00. The lowest BCUT2D eigenvalue weighted by atomic mass is 10.3. The van der Waals surface area contributed by atoms with Gasteiger partial charge in [-0.05, 0) is 20.8 Å². The predicted octanol–water partition coefficient (Wildman–Crippen LogP) is 0.774. The lowest BCUT2D eigenvalue weighted by Gasteiger charge is -2.25. The van der Waals surface area contributed by atoms with Crippen LogP contribution in [-0.4, -0.2) is 88.6 Å². The number of aliphatic hydroxyl groups excluding tert-OH is 1. The summed E-state index contributed by atoms with van der Waals surface area (Å²) in [6, 6.07) is 0. The van der Waals surface area contributed by atoms with E-state index in [0.717, 1.165) is 13.1 Å². The van der Waals surface area contributed by atoms with E-state index in [1.165, 1.54) is 0 Å². The zero-order valence-corrected chi connectivity index (χ0v) is 14.0. The summed E-state index contributed by atoms with van der Waals surface area (Å²) in [4.78, 5) is 2.14. The van der Waals surface area contributed by atoms with Crippen molar-refractivity contribution in [3.63, 3.8) is 0 Å². The highest BCUT2D eigenvalue weighted by molar-refractivity contribution is 4.65. The van der Waals surface area contributed by atoms with E-state index in [0.29, 0.717) is 46.2 Å². The van der Waals surface area contributed by atoms with Gasteiger partial charge in [0.05, 0.1) is 38.6 Å². The fourth-order valence-electron chi connectivity index (χ4n) is 1.88. The minimum atomic E-state index is -0.521. The van der Waals surface area contributed by atoms with Gasteiger partial charge in [-0.15, -0.1) is 0 Å². The Labute approximate surface area is 129 Å². The maximum atomic E-state index is 10.1. The number of ether oxygens (including phenoxy) is 4. The molecule has 0 saturated carbocycles. The lowest BCUT2D eigenvalue weighted by Crippen LogP contribution is -2.39. The highest BCUT2D eigenvalue weighted by Gasteiger charge is 2.13. The molecule has 21 heavy (non-hydrogen) atoms. The van der Waals surface area contributed by atoms with Crippen LogP contribution in [-0.2, 0) is 18.9 Å². The van der Waals surface area contributed by atoms with Crippen LogP contribution in [0.3, 0.4) is 0 Å². The third kappa shape index (κ3) is 13.2. The Bertz CT molecular complexity index is 208. The summed E-state index contributed by atoms with van der Waals surface area (Å²) in [6.07, 6.45) is -0.530. The molecule has 0 aliphatic heterocycles. The van der Waals surface area contributed by atoms with E-state index in [1.807, 2.05) is 20.8 Å². The molecule has 0 fully saturated rings. The number of hydrogen-bond donors (Lipinski definition) is 1. The van der Waals surface area contributed by atoms with Crippen LogP contribution >= 0.6 is 0 Å². The summed E-state index contributed by atoms with van der Waals surface area (Å²) in [7, 11) is 1.64. The molecule has 0 radical (unpaired) electrons. The summed E-state index contributed by atoms with van der Waals surface area (Å²) in [5.74, 6) is 0. The van der Waals surface area contributed by atoms with Gasteiger partial charge in [-0.1, -0.05) is 0 Å². The van der Waals surface area contributed by atoms with E-state index >= 15 is 0 Å². The number of aliphatic hydroxyl groups is 1. The minimum absolute atomic E-state index is 0.00931. The molecular weight excluding hydrogens is 274 g/mol. The molecule has 0 spiro atoms. The Kier molecular flexibility index (Phi) is 14.5. The number of rotatable bonds is 15. The normalized spacial score (nSPS) is 14.6. The summed E-state index contributed by atoms with van der Waals surface area (Å²) in [5, 5.41) is 10.1. The molecule has 6 heteroatoms. The Morgan fingerprint density at radius 2 is 1.57 bits per heavy atom. The van der Waals surface area contributed by atoms with E-state index in [4.69, 9.17) is 18.9 Å². The zero-order chi connectivity index (χ0) is 15.9. The predicted molar refractivity (Wildman–Crippen MR) is 82.7 cm³/mol. The second-order valence-corrected chi connectivity index (χ2v) is 4.95. The third-order valence-electron chi connectivity index (χ3n) is 2.96. The van der Waals surface area contributed by atoms with E-state index in [9.17, 15) is 5.11 Å². The molecule has 0 aliphatic rings. The molecule has 0 heterocycles. The zero-order valence-electron chi connectivity index (χ0n) is 14.0.